The zero-order chi connectivity index (χ0) is 18.5. The molecule has 1 aliphatic heterocycles. The molecule has 0 aliphatic carbocycles. The molecule has 0 unspecified atom stereocenters. The molecule has 1 fully saturated rings. The highest BCUT2D eigenvalue weighted by molar-refractivity contribution is 5.89. The Kier molecular flexibility index (Phi) is 5.94. The monoisotopic (exact) mass is 351 g/mol. The normalized spacial score (nSPS) is 15.6. The first-order valence-corrected chi connectivity index (χ1v) is 9.42. The first kappa shape index (κ1) is 18.5. The van der Waals surface area contributed by atoms with Crippen molar-refractivity contribution in [3.63, 3.8) is 0 Å². The van der Waals surface area contributed by atoms with Crippen molar-refractivity contribution < 1.29 is 4.79 Å². The van der Waals surface area contributed by atoms with Gasteiger partial charge < -0.3 is 10.2 Å². The van der Waals surface area contributed by atoms with Crippen molar-refractivity contribution in [3.8, 4) is 0 Å². The molecular weight excluding hydrogens is 322 g/mol. The SMILES string of the molecule is Cc1cccc(NC(=O)N2CCCN(Cc3ccc(C)c(C)c3)CC2)c1. The fourth-order valence-corrected chi connectivity index (χ4v) is 3.42. The van der Waals surface area contributed by atoms with Crippen LogP contribution in [0.4, 0.5) is 10.5 Å². The van der Waals surface area contributed by atoms with Crippen LogP contribution in [-0.4, -0.2) is 42.0 Å². The van der Waals surface area contributed by atoms with Crippen LogP contribution in [-0.2, 0) is 6.54 Å². The number of hydrogen-bond acceptors (Lipinski definition) is 2. The molecule has 2 aromatic rings. The molecule has 138 valence electrons. The fraction of sp³-hybridized carbons (Fsp3) is 0.409. The van der Waals surface area contributed by atoms with Gasteiger partial charge >= 0.3 is 6.03 Å². The lowest BCUT2D eigenvalue weighted by Crippen LogP contribution is -2.38. The van der Waals surface area contributed by atoms with E-state index in [4.69, 9.17) is 0 Å². The maximum atomic E-state index is 12.6. The van der Waals surface area contributed by atoms with Crippen LogP contribution < -0.4 is 5.32 Å². The van der Waals surface area contributed by atoms with E-state index < -0.39 is 0 Å². The van der Waals surface area contributed by atoms with Crippen molar-refractivity contribution in [1.82, 2.24) is 9.80 Å². The smallest absolute Gasteiger partial charge is 0.321 e. The van der Waals surface area contributed by atoms with Crippen LogP contribution in [0.3, 0.4) is 0 Å². The molecule has 26 heavy (non-hydrogen) atoms. The highest BCUT2D eigenvalue weighted by atomic mass is 16.2. The van der Waals surface area contributed by atoms with Gasteiger partial charge in [0.2, 0.25) is 0 Å². The predicted octanol–water partition coefficient (Wildman–Crippen LogP) is 4.35. The molecule has 3 rings (SSSR count). The number of anilines is 1. The second-order valence-corrected chi connectivity index (χ2v) is 7.33. The van der Waals surface area contributed by atoms with E-state index in [2.05, 4.69) is 42.3 Å². The molecule has 0 bridgehead atoms. The van der Waals surface area contributed by atoms with E-state index in [0.717, 1.165) is 50.4 Å². The lowest BCUT2D eigenvalue weighted by molar-refractivity contribution is 0.211. The van der Waals surface area contributed by atoms with Gasteiger partial charge in [-0.15, -0.1) is 0 Å². The van der Waals surface area contributed by atoms with Crippen LogP contribution in [0.2, 0.25) is 0 Å². The van der Waals surface area contributed by atoms with Crippen LogP contribution in [0.15, 0.2) is 42.5 Å². The molecule has 4 nitrogen and oxygen atoms in total. The Morgan fingerprint density at radius 3 is 2.58 bits per heavy atom. The van der Waals surface area contributed by atoms with Gasteiger partial charge in [-0.05, 0) is 61.6 Å². The van der Waals surface area contributed by atoms with Gasteiger partial charge in [0.05, 0.1) is 0 Å². The third-order valence-electron chi connectivity index (χ3n) is 5.12. The van der Waals surface area contributed by atoms with Crippen LogP contribution in [0.5, 0.6) is 0 Å². The lowest BCUT2D eigenvalue weighted by Gasteiger charge is -2.22. The number of amides is 2. The second-order valence-electron chi connectivity index (χ2n) is 7.33. The summed E-state index contributed by atoms with van der Waals surface area (Å²) in [7, 11) is 0. The minimum atomic E-state index is 0.00336. The Morgan fingerprint density at radius 2 is 1.81 bits per heavy atom. The van der Waals surface area contributed by atoms with Crippen LogP contribution >= 0.6 is 0 Å². The van der Waals surface area contributed by atoms with Gasteiger partial charge in [0.25, 0.3) is 0 Å². The molecule has 2 amide bonds. The molecular formula is C22H29N3O. The standard InChI is InChI=1S/C22H29N3O/c1-17-6-4-7-21(14-17)23-22(26)25-11-5-10-24(12-13-25)16-20-9-8-18(2)19(3)15-20/h4,6-9,14-15H,5,10-13,16H2,1-3H3,(H,23,26). The molecule has 0 aromatic heterocycles. The van der Waals surface area contributed by atoms with Crippen molar-refractivity contribution >= 4 is 11.7 Å². The quantitative estimate of drug-likeness (QED) is 0.892. The molecule has 2 aromatic carbocycles. The van der Waals surface area contributed by atoms with Crippen molar-refractivity contribution in [1.29, 1.82) is 0 Å². The summed E-state index contributed by atoms with van der Waals surface area (Å²) in [6, 6.07) is 14.6. The first-order chi connectivity index (χ1) is 12.5. The van der Waals surface area contributed by atoms with Gasteiger partial charge in [-0.2, -0.15) is 0 Å². The summed E-state index contributed by atoms with van der Waals surface area (Å²) in [5.41, 5.74) is 6.05. The van der Waals surface area contributed by atoms with E-state index in [0.29, 0.717) is 0 Å². The summed E-state index contributed by atoms with van der Waals surface area (Å²) < 4.78 is 0. The number of nitrogens with one attached hydrogen (secondary N) is 1. The molecule has 1 saturated heterocycles. The number of hydrogen-bond donors (Lipinski definition) is 1. The number of rotatable bonds is 3. The minimum Gasteiger partial charge on any atom is -0.323 e. The average molecular weight is 351 g/mol. The van der Waals surface area contributed by atoms with Gasteiger partial charge in [-0.1, -0.05) is 30.3 Å². The van der Waals surface area contributed by atoms with E-state index >= 15 is 0 Å². The van der Waals surface area contributed by atoms with E-state index in [1.807, 2.05) is 36.1 Å². The van der Waals surface area contributed by atoms with Gasteiger partial charge in [0.1, 0.15) is 0 Å². The Labute approximate surface area is 156 Å². The third kappa shape index (κ3) is 4.85. The highest BCUT2D eigenvalue weighted by Gasteiger charge is 2.19. The van der Waals surface area contributed by atoms with E-state index in [-0.39, 0.29) is 6.03 Å². The second kappa shape index (κ2) is 8.37. The molecule has 0 atom stereocenters. The van der Waals surface area contributed by atoms with Gasteiger partial charge in [0.15, 0.2) is 0 Å². The predicted molar refractivity (Wildman–Crippen MR) is 108 cm³/mol. The lowest BCUT2D eigenvalue weighted by atomic mass is 10.1. The molecule has 4 heteroatoms. The largest absolute Gasteiger partial charge is 0.323 e. The van der Waals surface area contributed by atoms with Crippen LogP contribution in [0, 0.1) is 20.8 Å². The van der Waals surface area contributed by atoms with E-state index in [1.165, 1.54) is 16.7 Å². The van der Waals surface area contributed by atoms with Gasteiger partial charge in [-0.3, -0.25) is 4.90 Å². The summed E-state index contributed by atoms with van der Waals surface area (Å²) in [5.74, 6) is 0. The number of benzene rings is 2. The van der Waals surface area contributed by atoms with Crippen molar-refractivity contribution in [2.75, 3.05) is 31.5 Å². The number of carbonyl (C=O) groups is 1. The van der Waals surface area contributed by atoms with Gasteiger partial charge in [0, 0.05) is 38.4 Å². The molecule has 0 radical (unpaired) electrons. The molecule has 0 spiro atoms. The number of carbonyl (C=O) groups excluding carboxylic acids is 1. The summed E-state index contributed by atoms with van der Waals surface area (Å²) in [6.07, 6.45) is 1.01. The van der Waals surface area contributed by atoms with Crippen LogP contribution in [0.1, 0.15) is 28.7 Å². The molecule has 1 N–H and O–H groups in total. The van der Waals surface area contributed by atoms with Crippen molar-refractivity contribution in [2.24, 2.45) is 0 Å². The Balaban J connectivity index is 1.55. The number of nitrogens with zero attached hydrogens (tertiary/aromatic N) is 2. The van der Waals surface area contributed by atoms with Gasteiger partial charge in [-0.25, -0.2) is 4.79 Å². The fourth-order valence-electron chi connectivity index (χ4n) is 3.42. The Hall–Kier alpha value is -2.33. The zero-order valence-electron chi connectivity index (χ0n) is 16.1. The highest BCUT2D eigenvalue weighted by Crippen LogP contribution is 2.15. The maximum absolute atomic E-state index is 12.6. The summed E-state index contributed by atoms with van der Waals surface area (Å²) >= 11 is 0. The molecule has 0 saturated carbocycles. The van der Waals surface area contributed by atoms with Crippen LogP contribution in [0.25, 0.3) is 0 Å². The number of urea groups is 1. The molecule has 1 heterocycles. The minimum absolute atomic E-state index is 0.00336. The maximum Gasteiger partial charge on any atom is 0.321 e. The topological polar surface area (TPSA) is 35.6 Å². The summed E-state index contributed by atoms with van der Waals surface area (Å²) in [5, 5.41) is 3.03. The third-order valence-corrected chi connectivity index (χ3v) is 5.12. The Bertz CT molecular complexity index is 772. The van der Waals surface area contributed by atoms with E-state index in [9.17, 15) is 4.79 Å². The number of aryl methyl sites for hydroxylation is 3. The summed E-state index contributed by atoms with van der Waals surface area (Å²) in [4.78, 5) is 17.0. The summed E-state index contributed by atoms with van der Waals surface area (Å²) in [6.45, 7) is 10.8. The zero-order valence-corrected chi connectivity index (χ0v) is 16.1. The first-order valence-electron chi connectivity index (χ1n) is 9.42. The molecule has 1 aliphatic rings. The van der Waals surface area contributed by atoms with E-state index in [1.54, 1.807) is 0 Å². The average Bonchev–Trinajstić information content (AvgIpc) is 2.84. The van der Waals surface area contributed by atoms with Crippen molar-refractivity contribution in [2.45, 2.75) is 33.7 Å². The van der Waals surface area contributed by atoms with Crippen molar-refractivity contribution in [3.05, 3.63) is 64.7 Å². The Morgan fingerprint density at radius 1 is 0.962 bits per heavy atom.